The number of halogens is 1. The Kier molecular flexibility index (Phi) is 4.35. The summed E-state index contributed by atoms with van der Waals surface area (Å²) in [5, 5.41) is 0.385. The first-order valence-corrected chi connectivity index (χ1v) is 7.50. The van der Waals surface area contributed by atoms with Gasteiger partial charge in [0.05, 0.1) is 7.11 Å². The number of benzene rings is 1. The van der Waals surface area contributed by atoms with Crippen LogP contribution < -0.4 is 5.73 Å². The fourth-order valence-corrected chi connectivity index (χ4v) is 3.78. The first kappa shape index (κ1) is 13.9. The molecule has 0 aliphatic heterocycles. The summed E-state index contributed by atoms with van der Waals surface area (Å²) >= 11 is 5.20. The standard InChI is InChI=1S/C13H16BrNO2S/c1-17-12(16)13(15)7-6-11(8-13)18-10-4-2-9(14)3-5-10/h2-5,11H,6-8,15H2,1H3. The molecular weight excluding hydrogens is 314 g/mol. The number of carbonyl (C=O) groups excluding carboxylic acids is 1. The second-order valence-corrected chi connectivity index (χ2v) is 6.87. The zero-order chi connectivity index (χ0) is 13.2. The number of ether oxygens (including phenoxy) is 1. The molecule has 1 fully saturated rings. The van der Waals surface area contributed by atoms with Gasteiger partial charge in [-0.3, -0.25) is 4.79 Å². The van der Waals surface area contributed by atoms with Gasteiger partial charge in [0, 0.05) is 14.6 Å². The lowest BCUT2D eigenvalue weighted by molar-refractivity contribution is -0.146. The molecule has 98 valence electrons. The molecule has 1 aromatic rings. The van der Waals surface area contributed by atoms with Crippen molar-refractivity contribution in [1.29, 1.82) is 0 Å². The summed E-state index contributed by atoms with van der Waals surface area (Å²) in [4.78, 5) is 12.8. The first-order chi connectivity index (χ1) is 8.53. The van der Waals surface area contributed by atoms with E-state index in [-0.39, 0.29) is 5.97 Å². The van der Waals surface area contributed by atoms with Gasteiger partial charge in [0.1, 0.15) is 5.54 Å². The highest BCUT2D eigenvalue weighted by atomic mass is 79.9. The summed E-state index contributed by atoms with van der Waals surface area (Å²) in [6.45, 7) is 0. The van der Waals surface area contributed by atoms with E-state index in [9.17, 15) is 4.79 Å². The third kappa shape index (κ3) is 3.08. The van der Waals surface area contributed by atoms with Crippen molar-refractivity contribution >= 4 is 33.7 Å². The van der Waals surface area contributed by atoms with Gasteiger partial charge in [-0.05, 0) is 43.5 Å². The van der Waals surface area contributed by atoms with Crippen LogP contribution in [0, 0.1) is 0 Å². The lowest BCUT2D eigenvalue weighted by Gasteiger charge is -2.20. The molecular formula is C13H16BrNO2S. The molecule has 1 aliphatic rings. The van der Waals surface area contributed by atoms with Gasteiger partial charge < -0.3 is 10.5 Å². The van der Waals surface area contributed by atoms with E-state index in [4.69, 9.17) is 10.5 Å². The number of hydrogen-bond acceptors (Lipinski definition) is 4. The lowest BCUT2D eigenvalue weighted by atomic mass is 10.00. The van der Waals surface area contributed by atoms with Crippen LogP contribution in [-0.2, 0) is 9.53 Å². The summed E-state index contributed by atoms with van der Waals surface area (Å²) in [6.07, 6.45) is 2.33. The quantitative estimate of drug-likeness (QED) is 0.866. The van der Waals surface area contributed by atoms with E-state index in [1.165, 1.54) is 12.0 Å². The molecule has 0 radical (unpaired) electrons. The van der Waals surface area contributed by atoms with Gasteiger partial charge in [-0.15, -0.1) is 11.8 Å². The number of hydrogen-bond donors (Lipinski definition) is 1. The van der Waals surface area contributed by atoms with Crippen LogP contribution in [-0.4, -0.2) is 23.9 Å². The van der Waals surface area contributed by atoms with Crippen LogP contribution >= 0.6 is 27.7 Å². The van der Waals surface area contributed by atoms with E-state index in [2.05, 4.69) is 28.1 Å². The van der Waals surface area contributed by atoms with Crippen molar-refractivity contribution in [3.8, 4) is 0 Å². The lowest BCUT2D eigenvalue weighted by Crippen LogP contribution is -2.46. The van der Waals surface area contributed by atoms with Gasteiger partial charge in [0.15, 0.2) is 0 Å². The monoisotopic (exact) mass is 329 g/mol. The van der Waals surface area contributed by atoms with Crippen LogP contribution in [0.4, 0.5) is 0 Å². The number of methoxy groups -OCH3 is 1. The second-order valence-electron chi connectivity index (χ2n) is 4.58. The van der Waals surface area contributed by atoms with E-state index >= 15 is 0 Å². The van der Waals surface area contributed by atoms with Crippen LogP contribution in [0.2, 0.25) is 0 Å². The minimum absolute atomic E-state index is 0.290. The van der Waals surface area contributed by atoms with E-state index in [0.29, 0.717) is 18.1 Å². The molecule has 5 heteroatoms. The number of esters is 1. The Morgan fingerprint density at radius 3 is 2.78 bits per heavy atom. The van der Waals surface area contributed by atoms with Gasteiger partial charge in [-0.1, -0.05) is 15.9 Å². The van der Waals surface area contributed by atoms with Crippen molar-refractivity contribution < 1.29 is 9.53 Å². The number of nitrogens with two attached hydrogens (primary N) is 1. The highest BCUT2D eigenvalue weighted by Crippen LogP contribution is 2.39. The third-order valence-corrected chi connectivity index (χ3v) is 5.02. The maximum Gasteiger partial charge on any atom is 0.325 e. The SMILES string of the molecule is COC(=O)C1(N)CCC(Sc2ccc(Br)cc2)C1. The van der Waals surface area contributed by atoms with Crippen LogP contribution in [0.3, 0.4) is 0 Å². The number of rotatable bonds is 3. The molecule has 2 unspecified atom stereocenters. The normalized spacial score (nSPS) is 27.2. The predicted octanol–water partition coefficient (Wildman–Crippen LogP) is 2.96. The van der Waals surface area contributed by atoms with Crippen LogP contribution in [0.1, 0.15) is 19.3 Å². The molecule has 0 amide bonds. The molecule has 2 N–H and O–H groups in total. The van der Waals surface area contributed by atoms with E-state index < -0.39 is 5.54 Å². The van der Waals surface area contributed by atoms with Crippen LogP contribution in [0.15, 0.2) is 33.6 Å². The Morgan fingerprint density at radius 1 is 1.50 bits per heavy atom. The molecule has 0 saturated heterocycles. The average molecular weight is 330 g/mol. The maximum atomic E-state index is 11.6. The summed E-state index contributed by atoms with van der Waals surface area (Å²) < 4.78 is 5.84. The molecule has 18 heavy (non-hydrogen) atoms. The molecule has 0 aromatic heterocycles. The summed E-state index contributed by atoms with van der Waals surface area (Å²) in [5.74, 6) is -0.290. The first-order valence-electron chi connectivity index (χ1n) is 5.83. The number of thioether (sulfide) groups is 1. The molecule has 0 bridgehead atoms. The molecule has 1 aliphatic carbocycles. The molecule has 1 saturated carbocycles. The number of carbonyl (C=O) groups is 1. The molecule has 2 rings (SSSR count). The summed E-state index contributed by atoms with van der Waals surface area (Å²) in [7, 11) is 1.39. The van der Waals surface area contributed by atoms with E-state index in [1.54, 1.807) is 11.8 Å². The Bertz CT molecular complexity index is 437. The Labute approximate surface area is 120 Å². The highest BCUT2D eigenvalue weighted by Gasteiger charge is 2.43. The Hall–Kier alpha value is -0.520. The second kappa shape index (κ2) is 5.63. The summed E-state index contributed by atoms with van der Waals surface area (Å²) in [6, 6.07) is 8.19. The van der Waals surface area contributed by atoms with E-state index in [0.717, 1.165) is 10.9 Å². The fraction of sp³-hybridized carbons (Fsp3) is 0.462. The van der Waals surface area contributed by atoms with Gasteiger partial charge in [0.2, 0.25) is 0 Å². The van der Waals surface area contributed by atoms with Crippen molar-refractivity contribution in [2.24, 2.45) is 5.73 Å². The molecule has 3 nitrogen and oxygen atoms in total. The van der Waals surface area contributed by atoms with E-state index in [1.807, 2.05) is 12.1 Å². The van der Waals surface area contributed by atoms with Gasteiger partial charge >= 0.3 is 5.97 Å². The largest absolute Gasteiger partial charge is 0.468 e. The van der Waals surface area contributed by atoms with Gasteiger partial charge in [-0.25, -0.2) is 0 Å². The predicted molar refractivity (Wildman–Crippen MR) is 76.6 cm³/mol. The Balaban J connectivity index is 1.97. The van der Waals surface area contributed by atoms with Gasteiger partial charge in [0.25, 0.3) is 0 Å². The van der Waals surface area contributed by atoms with Crippen molar-refractivity contribution in [2.75, 3.05) is 7.11 Å². The van der Waals surface area contributed by atoms with Crippen molar-refractivity contribution in [3.63, 3.8) is 0 Å². The van der Waals surface area contributed by atoms with Crippen molar-refractivity contribution in [3.05, 3.63) is 28.7 Å². The smallest absolute Gasteiger partial charge is 0.325 e. The van der Waals surface area contributed by atoms with Gasteiger partial charge in [-0.2, -0.15) is 0 Å². The van der Waals surface area contributed by atoms with Crippen LogP contribution in [0.25, 0.3) is 0 Å². The molecule has 1 aromatic carbocycles. The maximum absolute atomic E-state index is 11.6. The molecule has 2 atom stereocenters. The summed E-state index contributed by atoms with van der Waals surface area (Å²) in [5.41, 5.74) is 5.30. The zero-order valence-corrected chi connectivity index (χ0v) is 12.6. The minimum Gasteiger partial charge on any atom is -0.468 e. The molecule has 0 heterocycles. The highest BCUT2D eigenvalue weighted by molar-refractivity contribution is 9.10. The average Bonchev–Trinajstić information content (AvgIpc) is 2.74. The van der Waals surface area contributed by atoms with Crippen molar-refractivity contribution in [2.45, 2.75) is 34.9 Å². The zero-order valence-electron chi connectivity index (χ0n) is 10.2. The third-order valence-electron chi connectivity index (χ3n) is 3.21. The molecule has 0 spiro atoms. The Morgan fingerprint density at radius 2 is 2.17 bits per heavy atom. The van der Waals surface area contributed by atoms with Crippen LogP contribution in [0.5, 0.6) is 0 Å². The topological polar surface area (TPSA) is 52.3 Å². The fourth-order valence-electron chi connectivity index (χ4n) is 2.22. The minimum atomic E-state index is -0.790. The van der Waals surface area contributed by atoms with Crippen molar-refractivity contribution in [1.82, 2.24) is 0 Å².